The molecular weight excluding hydrogens is 374 g/mol. The van der Waals surface area contributed by atoms with Crippen molar-refractivity contribution in [2.24, 2.45) is 0 Å². The summed E-state index contributed by atoms with van der Waals surface area (Å²) >= 11 is 6.04. The van der Waals surface area contributed by atoms with Crippen LogP contribution in [0.4, 0.5) is 4.79 Å². The number of benzene rings is 2. The third kappa shape index (κ3) is 6.01. The molecule has 0 heterocycles. The fourth-order valence-corrected chi connectivity index (χ4v) is 3.79. The van der Waals surface area contributed by atoms with Crippen molar-refractivity contribution in [3.8, 4) is 0 Å². The number of rotatable bonds is 7. The molecule has 0 atom stereocenters. The minimum absolute atomic E-state index is 0.168. The van der Waals surface area contributed by atoms with Crippen LogP contribution in [0.2, 0.25) is 5.02 Å². The number of sulfonamides is 1. The number of nitrogens with one attached hydrogen (secondary N) is 3. The van der Waals surface area contributed by atoms with Gasteiger partial charge in [-0.05, 0) is 43.2 Å². The molecule has 26 heavy (non-hydrogen) atoms. The van der Waals surface area contributed by atoms with Gasteiger partial charge in [-0.2, -0.15) is 0 Å². The summed E-state index contributed by atoms with van der Waals surface area (Å²) in [5.41, 5.74) is 1.50. The predicted octanol–water partition coefficient (Wildman–Crippen LogP) is 3.03. The Morgan fingerprint density at radius 2 is 1.73 bits per heavy atom. The molecule has 0 saturated carbocycles. The molecule has 2 aromatic carbocycles. The minimum Gasteiger partial charge on any atom is -0.334 e. The molecule has 8 heteroatoms. The fraction of sp³-hybridized carbons (Fsp3) is 0.278. The highest BCUT2D eigenvalue weighted by atomic mass is 35.5. The smallest absolute Gasteiger partial charge is 0.315 e. The predicted molar refractivity (Wildman–Crippen MR) is 102 cm³/mol. The Morgan fingerprint density at radius 1 is 1.04 bits per heavy atom. The highest BCUT2D eigenvalue weighted by Gasteiger charge is 2.15. The van der Waals surface area contributed by atoms with E-state index in [1.165, 1.54) is 6.07 Å². The molecule has 0 aliphatic carbocycles. The molecule has 140 valence electrons. The Labute approximate surface area is 159 Å². The van der Waals surface area contributed by atoms with Gasteiger partial charge < -0.3 is 10.6 Å². The second kappa shape index (κ2) is 9.02. The number of hydrogen-bond donors (Lipinski definition) is 3. The van der Waals surface area contributed by atoms with Crippen molar-refractivity contribution < 1.29 is 13.2 Å². The lowest BCUT2D eigenvalue weighted by Gasteiger charge is -2.12. The zero-order valence-electron chi connectivity index (χ0n) is 14.6. The van der Waals surface area contributed by atoms with Crippen LogP contribution in [0, 0.1) is 0 Å². The Balaban J connectivity index is 1.92. The van der Waals surface area contributed by atoms with Crippen molar-refractivity contribution in [3.63, 3.8) is 0 Å². The third-order valence-corrected chi connectivity index (χ3v) is 5.47. The number of halogens is 1. The summed E-state index contributed by atoms with van der Waals surface area (Å²) in [6.45, 7) is 4.02. The lowest BCUT2D eigenvalue weighted by Crippen LogP contribution is -2.34. The van der Waals surface area contributed by atoms with Crippen molar-refractivity contribution in [3.05, 3.63) is 64.7 Å². The van der Waals surface area contributed by atoms with Crippen molar-refractivity contribution in [1.82, 2.24) is 15.4 Å². The first-order valence-electron chi connectivity index (χ1n) is 8.14. The van der Waals surface area contributed by atoms with Crippen LogP contribution in [0.25, 0.3) is 0 Å². The van der Waals surface area contributed by atoms with Crippen LogP contribution in [0.5, 0.6) is 0 Å². The molecule has 0 radical (unpaired) electrons. The summed E-state index contributed by atoms with van der Waals surface area (Å²) in [5, 5.41) is 6.00. The quantitative estimate of drug-likeness (QED) is 0.673. The van der Waals surface area contributed by atoms with E-state index in [0.717, 1.165) is 5.56 Å². The summed E-state index contributed by atoms with van der Waals surface area (Å²) in [5.74, 6) is 0. The van der Waals surface area contributed by atoms with E-state index in [0.29, 0.717) is 17.1 Å². The van der Waals surface area contributed by atoms with E-state index in [9.17, 15) is 13.2 Å². The normalized spacial score (nSPS) is 11.4. The molecule has 0 aliphatic rings. The first-order chi connectivity index (χ1) is 12.3. The van der Waals surface area contributed by atoms with Gasteiger partial charge in [-0.15, -0.1) is 0 Å². The van der Waals surface area contributed by atoms with Crippen molar-refractivity contribution in [2.75, 3.05) is 0 Å². The molecule has 6 nitrogen and oxygen atoms in total. The van der Waals surface area contributed by atoms with Crippen molar-refractivity contribution in [2.45, 2.75) is 37.9 Å². The van der Waals surface area contributed by atoms with Crippen molar-refractivity contribution >= 4 is 27.7 Å². The van der Waals surface area contributed by atoms with E-state index in [4.69, 9.17) is 11.6 Å². The maximum atomic E-state index is 12.2. The molecular formula is C18H22ClN3O3S. The van der Waals surface area contributed by atoms with Gasteiger partial charge in [0.2, 0.25) is 10.0 Å². The van der Waals surface area contributed by atoms with E-state index >= 15 is 0 Å². The Bertz CT molecular complexity index is 869. The highest BCUT2D eigenvalue weighted by Crippen LogP contribution is 2.14. The first kappa shape index (κ1) is 20.2. The van der Waals surface area contributed by atoms with Gasteiger partial charge in [0.1, 0.15) is 0 Å². The average molecular weight is 396 g/mol. The Morgan fingerprint density at radius 3 is 2.42 bits per heavy atom. The van der Waals surface area contributed by atoms with Crippen LogP contribution in [-0.2, 0) is 23.1 Å². The zero-order chi connectivity index (χ0) is 19.2. The molecule has 0 aliphatic heterocycles. The lowest BCUT2D eigenvalue weighted by atomic mass is 10.2. The van der Waals surface area contributed by atoms with E-state index in [-0.39, 0.29) is 23.5 Å². The Kier molecular flexibility index (Phi) is 7.02. The van der Waals surface area contributed by atoms with Gasteiger partial charge >= 0.3 is 6.03 Å². The molecule has 0 bridgehead atoms. The summed E-state index contributed by atoms with van der Waals surface area (Å²) in [6, 6.07) is 13.2. The third-order valence-electron chi connectivity index (χ3n) is 3.45. The monoisotopic (exact) mass is 395 g/mol. The van der Waals surface area contributed by atoms with Gasteiger partial charge in [-0.25, -0.2) is 17.9 Å². The summed E-state index contributed by atoms with van der Waals surface area (Å²) < 4.78 is 26.9. The minimum atomic E-state index is -3.56. The number of hydrogen-bond acceptors (Lipinski definition) is 3. The maximum absolute atomic E-state index is 12.2. The molecule has 0 unspecified atom stereocenters. The molecule has 3 N–H and O–H groups in total. The second-order valence-corrected chi connectivity index (χ2v) is 8.17. The van der Waals surface area contributed by atoms with E-state index in [1.54, 1.807) is 38.1 Å². The van der Waals surface area contributed by atoms with Crippen LogP contribution in [0.3, 0.4) is 0 Å². The number of amides is 2. The molecule has 2 aromatic rings. The van der Waals surface area contributed by atoms with E-state index in [1.807, 2.05) is 18.2 Å². The van der Waals surface area contributed by atoms with Crippen LogP contribution >= 0.6 is 11.6 Å². The van der Waals surface area contributed by atoms with Gasteiger partial charge in [-0.1, -0.05) is 41.9 Å². The van der Waals surface area contributed by atoms with E-state index < -0.39 is 10.0 Å². The van der Waals surface area contributed by atoms with Crippen LogP contribution < -0.4 is 15.4 Å². The molecule has 2 amide bonds. The zero-order valence-corrected chi connectivity index (χ0v) is 16.2. The van der Waals surface area contributed by atoms with Gasteiger partial charge in [0.15, 0.2) is 0 Å². The number of carbonyl (C=O) groups excluding carboxylic acids is 1. The van der Waals surface area contributed by atoms with Gasteiger partial charge in [-0.3, -0.25) is 0 Å². The number of urea groups is 1. The summed E-state index contributed by atoms with van der Waals surface area (Å²) in [7, 11) is -3.56. The van der Waals surface area contributed by atoms with Gasteiger partial charge in [0.25, 0.3) is 0 Å². The van der Waals surface area contributed by atoms with Crippen LogP contribution in [0.15, 0.2) is 53.4 Å². The molecule has 0 aromatic heterocycles. The maximum Gasteiger partial charge on any atom is 0.315 e. The lowest BCUT2D eigenvalue weighted by molar-refractivity contribution is 0.240. The SMILES string of the molecule is CC(C)NS(=O)(=O)c1cccc(CNC(=O)NCc2ccccc2Cl)c1. The second-order valence-electron chi connectivity index (χ2n) is 6.05. The summed E-state index contributed by atoms with van der Waals surface area (Å²) in [4.78, 5) is 12.1. The molecule has 0 fully saturated rings. The topological polar surface area (TPSA) is 87.3 Å². The number of carbonyl (C=O) groups is 1. The van der Waals surface area contributed by atoms with Gasteiger partial charge in [0.05, 0.1) is 4.90 Å². The summed E-state index contributed by atoms with van der Waals surface area (Å²) in [6.07, 6.45) is 0. The average Bonchev–Trinajstić information content (AvgIpc) is 2.58. The van der Waals surface area contributed by atoms with Crippen molar-refractivity contribution in [1.29, 1.82) is 0 Å². The van der Waals surface area contributed by atoms with E-state index in [2.05, 4.69) is 15.4 Å². The molecule has 0 spiro atoms. The first-order valence-corrected chi connectivity index (χ1v) is 10.0. The molecule has 2 rings (SSSR count). The Hall–Kier alpha value is -2.09. The van der Waals surface area contributed by atoms with Gasteiger partial charge in [0, 0.05) is 24.2 Å². The standard InChI is InChI=1S/C18H22ClN3O3S/c1-13(2)22-26(24,25)16-8-5-6-14(10-16)11-20-18(23)21-12-15-7-3-4-9-17(15)19/h3-10,13,22H,11-12H2,1-2H3,(H2,20,21,23). The molecule has 0 saturated heterocycles. The fourth-order valence-electron chi connectivity index (χ4n) is 2.26. The highest BCUT2D eigenvalue weighted by molar-refractivity contribution is 7.89. The van der Waals surface area contributed by atoms with Crippen LogP contribution in [0.1, 0.15) is 25.0 Å². The van der Waals surface area contributed by atoms with Crippen LogP contribution in [-0.4, -0.2) is 20.5 Å². The largest absolute Gasteiger partial charge is 0.334 e.